The highest BCUT2D eigenvalue weighted by atomic mass is 16.4. The fourth-order valence-electron chi connectivity index (χ4n) is 2.59. The Kier molecular flexibility index (Phi) is 4.24. The van der Waals surface area contributed by atoms with Crippen molar-refractivity contribution in [3.05, 3.63) is 0 Å². The predicted octanol–water partition coefficient (Wildman–Crippen LogP) is -0.275. The second-order valence-electron chi connectivity index (χ2n) is 5.11. The minimum atomic E-state index is -0.826. The van der Waals surface area contributed by atoms with Crippen LogP contribution in [0.25, 0.3) is 0 Å². The third kappa shape index (κ3) is 3.59. The van der Waals surface area contributed by atoms with Crippen molar-refractivity contribution in [1.29, 1.82) is 0 Å². The van der Waals surface area contributed by atoms with E-state index in [0.29, 0.717) is 26.2 Å². The average molecular weight is 269 g/mol. The van der Waals surface area contributed by atoms with Crippen molar-refractivity contribution < 1.29 is 19.5 Å². The van der Waals surface area contributed by atoms with Crippen LogP contribution in [-0.4, -0.2) is 65.5 Å². The molecule has 0 aliphatic carbocycles. The Labute approximate surface area is 111 Å². The zero-order chi connectivity index (χ0) is 13.8. The van der Waals surface area contributed by atoms with Crippen molar-refractivity contribution in [3.63, 3.8) is 0 Å². The van der Waals surface area contributed by atoms with E-state index in [1.165, 1.54) is 0 Å². The second-order valence-corrected chi connectivity index (χ2v) is 5.11. The van der Waals surface area contributed by atoms with Gasteiger partial charge in [0.25, 0.3) is 0 Å². The average Bonchev–Trinajstić information content (AvgIpc) is 2.68. The molecule has 1 atom stereocenters. The van der Waals surface area contributed by atoms with Gasteiger partial charge in [0.2, 0.25) is 5.91 Å². The second kappa shape index (κ2) is 5.90. The van der Waals surface area contributed by atoms with Crippen molar-refractivity contribution in [3.8, 4) is 0 Å². The molecule has 0 aromatic rings. The van der Waals surface area contributed by atoms with E-state index in [-0.39, 0.29) is 30.8 Å². The van der Waals surface area contributed by atoms with Crippen molar-refractivity contribution in [2.45, 2.75) is 19.3 Å². The largest absolute Gasteiger partial charge is 0.481 e. The molecule has 2 aliphatic rings. The maximum atomic E-state index is 12.3. The van der Waals surface area contributed by atoms with E-state index < -0.39 is 5.97 Å². The fraction of sp³-hybridized carbons (Fsp3) is 0.750. The van der Waals surface area contributed by atoms with Gasteiger partial charge in [-0.25, -0.2) is 4.79 Å². The standard InChI is InChI=1S/C12H19N3O4/c16-10-8-14(4-1-3-13-10)12(19)15-5-2-9(7-15)6-11(17)18/h9H,1-8H2,(H,13,16)(H,17,18). The van der Waals surface area contributed by atoms with Crippen molar-refractivity contribution in [1.82, 2.24) is 15.1 Å². The molecule has 2 fully saturated rings. The molecule has 2 aliphatic heterocycles. The van der Waals surface area contributed by atoms with E-state index in [9.17, 15) is 14.4 Å². The lowest BCUT2D eigenvalue weighted by atomic mass is 10.1. The van der Waals surface area contributed by atoms with Gasteiger partial charge in [-0.15, -0.1) is 0 Å². The fourth-order valence-corrected chi connectivity index (χ4v) is 2.59. The minimum Gasteiger partial charge on any atom is -0.481 e. The summed E-state index contributed by atoms with van der Waals surface area (Å²) in [5.74, 6) is -0.928. The molecule has 0 saturated carbocycles. The molecule has 3 amide bonds. The van der Waals surface area contributed by atoms with Crippen LogP contribution in [0.15, 0.2) is 0 Å². The van der Waals surface area contributed by atoms with E-state index in [4.69, 9.17) is 5.11 Å². The van der Waals surface area contributed by atoms with Crippen molar-refractivity contribution in [2.75, 3.05) is 32.7 Å². The smallest absolute Gasteiger partial charge is 0.320 e. The normalized spacial score (nSPS) is 24.0. The molecule has 2 saturated heterocycles. The van der Waals surface area contributed by atoms with Crippen molar-refractivity contribution >= 4 is 17.9 Å². The molecular weight excluding hydrogens is 250 g/mol. The third-order valence-electron chi connectivity index (χ3n) is 3.55. The topological polar surface area (TPSA) is 89.9 Å². The summed E-state index contributed by atoms with van der Waals surface area (Å²) >= 11 is 0. The number of likely N-dealkylation sites (tertiary alicyclic amines) is 1. The number of nitrogens with one attached hydrogen (secondary N) is 1. The van der Waals surface area contributed by atoms with Crippen LogP contribution in [0.1, 0.15) is 19.3 Å². The van der Waals surface area contributed by atoms with Gasteiger partial charge in [0, 0.05) is 32.6 Å². The van der Waals surface area contributed by atoms with Gasteiger partial charge in [-0.1, -0.05) is 0 Å². The summed E-state index contributed by atoms with van der Waals surface area (Å²) in [6.07, 6.45) is 1.58. The van der Waals surface area contributed by atoms with Crippen molar-refractivity contribution in [2.24, 2.45) is 5.92 Å². The van der Waals surface area contributed by atoms with Gasteiger partial charge in [0.15, 0.2) is 0 Å². The Balaban J connectivity index is 1.89. The van der Waals surface area contributed by atoms with Gasteiger partial charge in [-0.3, -0.25) is 9.59 Å². The Bertz CT molecular complexity index is 385. The van der Waals surface area contributed by atoms with E-state index >= 15 is 0 Å². The first-order valence-electron chi connectivity index (χ1n) is 6.58. The van der Waals surface area contributed by atoms with Crippen LogP contribution >= 0.6 is 0 Å². The lowest BCUT2D eigenvalue weighted by molar-refractivity contribution is -0.138. The molecule has 0 bridgehead atoms. The van der Waals surface area contributed by atoms with Gasteiger partial charge in [-0.05, 0) is 18.8 Å². The molecule has 7 nitrogen and oxygen atoms in total. The first-order valence-corrected chi connectivity index (χ1v) is 6.58. The molecule has 0 radical (unpaired) electrons. The number of amides is 3. The number of urea groups is 1. The first-order chi connectivity index (χ1) is 9.06. The summed E-state index contributed by atoms with van der Waals surface area (Å²) in [4.78, 5) is 37.5. The zero-order valence-corrected chi connectivity index (χ0v) is 10.8. The monoisotopic (exact) mass is 269 g/mol. The highest BCUT2D eigenvalue weighted by Gasteiger charge is 2.31. The number of carboxylic acids is 1. The highest BCUT2D eigenvalue weighted by Crippen LogP contribution is 2.21. The van der Waals surface area contributed by atoms with Gasteiger partial charge in [-0.2, -0.15) is 0 Å². The molecule has 2 rings (SSSR count). The van der Waals surface area contributed by atoms with Gasteiger partial charge in [0.05, 0.1) is 0 Å². The SMILES string of the molecule is O=C(O)CC1CCN(C(=O)N2CCCNC(=O)C2)C1. The maximum absolute atomic E-state index is 12.3. The van der Waals surface area contributed by atoms with Crippen LogP contribution in [0, 0.1) is 5.92 Å². The van der Waals surface area contributed by atoms with Crippen LogP contribution in [0.3, 0.4) is 0 Å². The predicted molar refractivity (Wildman–Crippen MR) is 66.5 cm³/mol. The van der Waals surface area contributed by atoms with E-state index in [1.54, 1.807) is 9.80 Å². The lowest BCUT2D eigenvalue weighted by Crippen LogP contribution is -2.45. The van der Waals surface area contributed by atoms with Crippen LogP contribution < -0.4 is 5.32 Å². The molecule has 19 heavy (non-hydrogen) atoms. The summed E-state index contributed by atoms with van der Waals surface area (Å²) in [6, 6.07) is -0.148. The number of carbonyl (C=O) groups is 3. The van der Waals surface area contributed by atoms with Gasteiger partial charge < -0.3 is 20.2 Å². The number of nitrogens with zero attached hydrogens (tertiary/aromatic N) is 2. The van der Waals surface area contributed by atoms with Gasteiger partial charge in [0.1, 0.15) is 6.54 Å². The number of carboxylic acid groups (broad SMARTS) is 1. The number of hydrogen-bond acceptors (Lipinski definition) is 3. The summed E-state index contributed by atoms with van der Waals surface area (Å²) in [5.41, 5.74) is 0. The van der Waals surface area contributed by atoms with Gasteiger partial charge >= 0.3 is 12.0 Å². The molecule has 2 heterocycles. The third-order valence-corrected chi connectivity index (χ3v) is 3.55. The summed E-state index contributed by atoms with van der Waals surface area (Å²) < 4.78 is 0. The molecule has 0 spiro atoms. The summed E-state index contributed by atoms with van der Waals surface area (Å²) in [6.45, 7) is 2.32. The minimum absolute atomic E-state index is 0.0299. The Morgan fingerprint density at radius 1 is 1.32 bits per heavy atom. The molecule has 106 valence electrons. The van der Waals surface area contributed by atoms with E-state index in [0.717, 1.165) is 12.8 Å². The number of carbonyl (C=O) groups excluding carboxylic acids is 2. The van der Waals surface area contributed by atoms with E-state index in [2.05, 4.69) is 5.32 Å². The Morgan fingerprint density at radius 3 is 2.84 bits per heavy atom. The number of hydrogen-bond donors (Lipinski definition) is 2. The summed E-state index contributed by atoms with van der Waals surface area (Å²) in [7, 11) is 0. The maximum Gasteiger partial charge on any atom is 0.320 e. The zero-order valence-electron chi connectivity index (χ0n) is 10.8. The van der Waals surface area contributed by atoms with Crippen LogP contribution in [0.2, 0.25) is 0 Å². The molecule has 0 aromatic carbocycles. The lowest BCUT2D eigenvalue weighted by Gasteiger charge is -2.26. The molecule has 2 N–H and O–H groups in total. The van der Waals surface area contributed by atoms with E-state index in [1.807, 2.05) is 0 Å². The molecular formula is C12H19N3O4. The molecule has 7 heteroatoms. The van der Waals surface area contributed by atoms with Crippen LogP contribution in [0.5, 0.6) is 0 Å². The highest BCUT2D eigenvalue weighted by molar-refractivity contribution is 5.84. The quantitative estimate of drug-likeness (QED) is 0.721. The number of aliphatic carboxylic acids is 1. The number of rotatable bonds is 2. The van der Waals surface area contributed by atoms with Crippen LogP contribution in [0.4, 0.5) is 4.79 Å². The van der Waals surface area contributed by atoms with Crippen LogP contribution in [-0.2, 0) is 9.59 Å². The molecule has 1 unspecified atom stereocenters. The summed E-state index contributed by atoms with van der Waals surface area (Å²) in [5, 5.41) is 11.5. The Morgan fingerprint density at radius 2 is 2.11 bits per heavy atom. The first kappa shape index (κ1) is 13.6. The molecule has 0 aromatic heterocycles. The Hall–Kier alpha value is -1.79.